The summed E-state index contributed by atoms with van der Waals surface area (Å²) in [6.07, 6.45) is 1.72. The fourth-order valence-electron chi connectivity index (χ4n) is 2.62. The lowest BCUT2D eigenvalue weighted by molar-refractivity contribution is -0.149. The molecule has 1 aromatic rings. The van der Waals surface area contributed by atoms with Crippen LogP contribution in [0.5, 0.6) is 0 Å². The van der Waals surface area contributed by atoms with Gasteiger partial charge >= 0.3 is 0 Å². The molecule has 1 aliphatic rings. The van der Waals surface area contributed by atoms with E-state index in [-0.39, 0.29) is 11.8 Å². The Labute approximate surface area is 126 Å². The summed E-state index contributed by atoms with van der Waals surface area (Å²) in [7, 11) is 0. The molecule has 1 heterocycles. The molecule has 1 N–H and O–H groups in total. The first-order valence-corrected chi connectivity index (χ1v) is 7.61. The number of nitrogens with one attached hydrogen (secondary N) is 1. The van der Waals surface area contributed by atoms with E-state index < -0.39 is 5.41 Å². The summed E-state index contributed by atoms with van der Waals surface area (Å²) < 4.78 is 0. The fraction of sp³-hybridized carbons (Fsp3) is 0.529. The minimum atomic E-state index is -1.01. The van der Waals surface area contributed by atoms with Crippen molar-refractivity contribution in [3.05, 3.63) is 35.4 Å². The molecule has 0 aromatic heterocycles. The lowest BCUT2D eigenvalue weighted by Crippen LogP contribution is -2.50. The number of hydrogen-bond donors (Lipinski definition) is 1. The molecule has 4 heteroatoms. The molecule has 0 saturated carbocycles. The van der Waals surface area contributed by atoms with E-state index in [2.05, 4.69) is 17.4 Å². The van der Waals surface area contributed by atoms with E-state index in [1.54, 1.807) is 18.7 Å². The van der Waals surface area contributed by atoms with Crippen molar-refractivity contribution in [2.24, 2.45) is 5.41 Å². The van der Waals surface area contributed by atoms with Crippen LogP contribution in [0.3, 0.4) is 0 Å². The molecule has 0 unspecified atom stereocenters. The second kappa shape index (κ2) is 6.29. The summed E-state index contributed by atoms with van der Waals surface area (Å²) in [5, 5.41) is 2.83. The molecular formula is C17H24N2O2. The van der Waals surface area contributed by atoms with Gasteiger partial charge in [0.2, 0.25) is 11.8 Å². The number of fused-ring (bicyclic) bond motifs is 1. The summed E-state index contributed by atoms with van der Waals surface area (Å²) >= 11 is 0. The molecule has 0 fully saturated rings. The zero-order valence-corrected chi connectivity index (χ0v) is 13.1. The molecule has 0 bridgehead atoms. The number of carbonyl (C=O) groups is 2. The Hall–Kier alpha value is -1.84. The van der Waals surface area contributed by atoms with Crippen LogP contribution in [0.25, 0.3) is 0 Å². The lowest BCUT2D eigenvalue weighted by Gasteiger charge is -2.34. The van der Waals surface area contributed by atoms with Gasteiger partial charge in [-0.1, -0.05) is 31.2 Å². The highest BCUT2D eigenvalue weighted by Crippen LogP contribution is 2.25. The minimum Gasteiger partial charge on any atom is -0.355 e. The van der Waals surface area contributed by atoms with Crippen molar-refractivity contribution in [3.8, 4) is 0 Å². The Morgan fingerprint density at radius 2 is 1.90 bits per heavy atom. The minimum absolute atomic E-state index is 0.0920. The average molecular weight is 288 g/mol. The van der Waals surface area contributed by atoms with Crippen LogP contribution in [0.2, 0.25) is 0 Å². The number of hydrogen-bond acceptors (Lipinski definition) is 2. The zero-order valence-electron chi connectivity index (χ0n) is 13.1. The first-order valence-electron chi connectivity index (χ1n) is 7.61. The molecule has 1 aliphatic heterocycles. The van der Waals surface area contributed by atoms with Crippen LogP contribution in [0, 0.1) is 5.41 Å². The van der Waals surface area contributed by atoms with Gasteiger partial charge in [0.05, 0.1) is 0 Å². The third-order valence-corrected chi connectivity index (χ3v) is 4.06. The van der Waals surface area contributed by atoms with Gasteiger partial charge in [0.25, 0.3) is 0 Å². The first kappa shape index (κ1) is 15.5. The number of nitrogens with zero attached hydrogens (tertiary/aromatic N) is 1. The maximum absolute atomic E-state index is 12.7. The van der Waals surface area contributed by atoms with Crippen molar-refractivity contribution in [1.82, 2.24) is 10.2 Å². The highest BCUT2D eigenvalue weighted by atomic mass is 16.2. The second-order valence-electron chi connectivity index (χ2n) is 6.13. The van der Waals surface area contributed by atoms with Gasteiger partial charge < -0.3 is 10.2 Å². The smallest absolute Gasteiger partial charge is 0.238 e. The Kier molecular flexibility index (Phi) is 4.66. The van der Waals surface area contributed by atoms with Crippen molar-refractivity contribution in [2.75, 3.05) is 13.1 Å². The van der Waals surface area contributed by atoms with Crippen LogP contribution in [0.15, 0.2) is 24.3 Å². The molecule has 21 heavy (non-hydrogen) atoms. The maximum Gasteiger partial charge on any atom is 0.238 e. The molecule has 2 rings (SSSR count). The van der Waals surface area contributed by atoms with Gasteiger partial charge in [-0.25, -0.2) is 0 Å². The Balaban J connectivity index is 2.08. The predicted molar refractivity (Wildman–Crippen MR) is 82.6 cm³/mol. The summed E-state index contributed by atoms with van der Waals surface area (Å²) in [5.74, 6) is -0.279. The summed E-state index contributed by atoms with van der Waals surface area (Å²) in [6.45, 7) is 7.30. The van der Waals surface area contributed by atoms with E-state index in [1.807, 2.05) is 19.1 Å². The number of benzene rings is 1. The van der Waals surface area contributed by atoms with Crippen LogP contribution >= 0.6 is 0 Å². The van der Waals surface area contributed by atoms with Crippen LogP contribution in [-0.2, 0) is 22.6 Å². The standard InChI is InChI=1S/C17H24N2O2/c1-4-10-18-15(20)17(2,3)16(21)19-11-9-13-7-5-6-8-14(13)12-19/h5-8H,4,9-12H2,1-3H3,(H,18,20). The van der Waals surface area contributed by atoms with Crippen molar-refractivity contribution in [3.63, 3.8) is 0 Å². The molecule has 2 amide bonds. The van der Waals surface area contributed by atoms with Crippen LogP contribution in [0.4, 0.5) is 0 Å². The normalized spacial score (nSPS) is 14.5. The van der Waals surface area contributed by atoms with Crippen molar-refractivity contribution < 1.29 is 9.59 Å². The van der Waals surface area contributed by atoms with Crippen molar-refractivity contribution >= 4 is 11.8 Å². The van der Waals surface area contributed by atoms with Gasteiger partial charge in [-0.15, -0.1) is 0 Å². The fourth-order valence-corrected chi connectivity index (χ4v) is 2.62. The van der Waals surface area contributed by atoms with E-state index in [4.69, 9.17) is 0 Å². The number of carbonyl (C=O) groups excluding carboxylic acids is 2. The van der Waals surface area contributed by atoms with Crippen LogP contribution < -0.4 is 5.32 Å². The monoisotopic (exact) mass is 288 g/mol. The average Bonchev–Trinajstić information content (AvgIpc) is 2.51. The molecule has 0 aliphatic carbocycles. The molecule has 0 atom stereocenters. The summed E-state index contributed by atoms with van der Waals surface area (Å²) in [4.78, 5) is 26.7. The van der Waals surface area contributed by atoms with Gasteiger partial charge in [-0.3, -0.25) is 9.59 Å². The molecule has 0 saturated heterocycles. The van der Waals surface area contributed by atoms with Crippen molar-refractivity contribution in [1.29, 1.82) is 0 Å². The largest absolute Gasteiger partial charge is 0.355 e. The van der Waals surface area contributed by atoms with Gasteiger partial charge in [-0.05, 0) is 37.8 Å². The zero-order chi connectivity index (χ0) is 15.5. The number of amides is 2. The molecular weight excluding hydrogens is 264 g/mol. The van der Waals surface area contributed by atoms with Gasteiger partial charge in [0, 0.05) is 19.6 Å². The highest BCUT2D eigenvalue weighted by molar-refractivity contribution is 6.04. The van der Waals surface area contributed by atoms with Crippen LogP contribution in [-0.4, -0.2) is 29.8 Å². The van der Waals surface area contributed by atoms with Gasteiger partial charge in [-0.2, -0.15) is 0 Å². The Bertz CT molecular complexity index is 537. The third-order valence-electron chi connectivity index (χ3n) is 4.06. The molecule has 0 spiro atoms. The number of rotatable bonds is 4. The van der Waals surface area contributed by atoms with Gasteiger partial charge in [0.1, 0.15) is 5.41 Å². The van der Waals surface area contributed by atoms with Crippen molar-refractivity contribution in [2.45, 2.75) is 40.2 Å². The topological polar surface area (TPSA) is 49.4 Å². The first-order chi connectivity index (χ1) is 9.96. The van der Waals surface area contributed by atoms with E-state index in [0.29, 0.717) is 19.6 Å². The van der Waals surface area contributed by atoms with E-state index in [1.165, 1.54) is 11.1 Å². The second-order valence-corrected chi connectivity index (χ2v) is 6.13. The lowest BCUT2D eigenvalue weighted by atomic mass is 9.88. The summed E-state index contributed by atoms with van der Waals surface area (Å²) in [6, 6.07) is 8.18. The predicted octanol–water partition coefficient (Wildman–Crippen LogP) is 2.12. The Morgan fingerprint density at radius 3 is 2.57 bits per heavy atom. The Morgan fingerprint density at radius 1 is 1.24 bits per heavy atom. The van der Waals surface area contributed by atoms with E-state index >= 15 is 0 Å². The quantitative estimate of drug-likeness (QED) is 0.863. The molecule has 1 aromatic carbocycles. The molecule has 0 radical (unpaired) electrons. The molecule has 4 nitrogen and oxygen atoms in total. The SMILES string of the molecule is CCCNC(=O)C(C)(C)C(=O)N1CCc2ccccc2C1. The molecule has 114 valence electrons. The van der Waals surface area contributed by atoms with E-state index in [0.717, 1.165) is 12.8 Å². The van der Waals surface area contributed by atoms with E-state index in [9.17, 15) is 9.59 Å². The van der Waals surface area contributed by atoms with Crippen LogP contribution in [0.1, 0.15) is 38.3 Å². The highest BCUT2D eigenvalue weighted by Gasteiger charge is 2.39. The third kappa shape index (κ3) is 3.26. The maximum atomic E-state index is 12.7. The summed E-state index contributed by atoms with van der Waals surface area (Å²) in [5.41, 5.74) is 1.47. The van der Waals surface area contributed by atoms with Gasteiger partial charge in [0.15, 0.2) is 0 Å².